The van der Waals surface area contributed by atoms with Crippen molar-refractivity contribution in [1.82, 2.24) is 9.13 Å². The van der Waals surface area contributed by atoms with Crippen LogP contribution in [0.5, 0.6) is 0 Å². The second-order valence-corrected chi connectivity index (χ2v) is 13.5. The number of para-hydroxylation sites is 3. The molecule has 0 atom stereocenters. The molecule has 0 saturated heterocycles. The highest BCUT2D eigenvalue weighted by Gasteiger charge is 2.23. The smallest absolute Gasteiger partial charge is 0.109 e. The van der Waals surface area contributed by atoms with Gasteiger partial charge in [0.25, 0.3) is 0 Å². The van der Waals surface area contributed by atoms with Crippen molar-refractivity contribution in [1.29, 1.82) is 0 Å². The molecule has 11 rings (SSSR count). The molecule has 3 heteroatoms. The molecule has 0 aliphatic rings. The zero-order valence-electron chi connectivity index (χ0n) is 25.3. The summed E-state index contributed by atoms with van der Waals surface area (Å²) >= 11 is 1.91. The number of thiophene rings is 1. The van der Waals surface area contributed by atoms with E-state index in [0.717, 1.165) is 0 Å². The van der Waals surface area contributed by atoms with Crippen LogP contribution in [-0.2, 0) is 0 Å². The van der Waals surface area contributed by atoms with Gasteiger partial charge in [-0.3, -0.25) is 0 Å². The van der Waals surface area contributed by atoms with Gasteiger partial charge in [-0.25, -0.2) is 0 Å². The quantitative estimate of drug-likeness (QED) is 0.171. The molecule has 0 aliphatic heterocycles. The van der Waals surface area contributed by atoms with Crippen LogP contribution in [0.15, 0.2) is 158 Å². The molecule has 47 heavy (non-hydrogen) atoms. The summed E-state index contributed by atoms with van der Waals surface area (Å²) < 4.78 is 6.28. The van der Waals surface area contributed by atoms with Gasteiger partial charge in [-0.15, -0.1) is 11.3 Å². The van der Waals surface area contributed by atoms with Crippen LogP contribution >= 0.6 is 11.3 Å². The Hall–Kier alpha value is -5.90. The molecule has 8 aromatic carbocycles. The van der Waals surface area contributed by atoms with Crippen LogP contribution in [0.25, 0.3) is 96.7 Å². The van der Waals surface area contributed by atoms with E-state index in [4.69, 9.17) is 0 Å². The van der Waals surface area contributed by atoms with E-state index in [2.05, 4.69) is 167 Å². The second-order valence-electron chi connectivity index (χ2n) is 12.5. The zero-order valence-corrected chi connectivity index (χ0v) is 26.1. The van der Waals surface area contributed by atoms with Gasteiger partial charge in [0.15, 0.2) is 0 Å². The molecular weight excluding hydrogens is 589 g/mol. The summed E-state index contributed by atoms with van der Waals surface area (Å²) in [6, 6.07) is 57.9. The lowest BCUT2D eigenvalue weighted by Crippen LogP contribution is -1.94. The second kappa shape index (κ2) is 9.32. The van der Waals surface area contributed by atoms with Crippen LogP contribution in [-0.4, -0.2) is 9.13 Å². The van der Waals surface area contributed by atoms with E-state index >= 15 is 0 Å². The predicted molar refractivity (Wildman–Crippen MR) is 203 cm³/mol. The molecule has 218 valence electrons. The third kappa shape index (κ3) is 3.34. The maximum absolute atomic E-state index is 2.51. The fourth-order valence-electron chi connectivity index (χ4n) is 8.12. The van der Waals surface area contributed by atoms with Gasteiger partial charge in [0.05, 0.1) is 21.3 Å². The SMILES string of the molecule is c1ccc(-n2c3ccccc3c3c4ccc5c6cc7c8ccccc8c8ccccc8c7cc6n(-c6ccccc6)c5c4sc32)cc1. The van der Waals surface area contributed by atoms with E-state index in [1.54, 1.807) is 0 Å². The molecule has 0 N–H and O–H groups in total. The Labute approximate surface area is 273 Å². The molecule has 11 aromatic rings. The minimum Gasteiger partial charge on any atom is -0.308 e. The molecule has 0 fully saturated rings. The fourth-order valence-corrected chi connectivity index (χ4v) is 9.51. The first kappa shape index (κ1) is 25.3. The Kier molecular flexibility index (Phi) is 5.02. The molecule has 2 nitrogen and oxygen atoms in total. The number of hydrogen-bond donors (Lipinski definition) is 0. The number of rotatable bonds is 2. The average molecular weight is 615 g/mol. The van der Waals surface area contributed by atoms with E-state index in [1.165, 1.54) is 96.7 Å². The Morgan fingerprint density at radius 3 is 1.51 bits per heavy atom. The molecule has 0 bridgehead atoms. The van der Waals surface area contributed by atoms with E-state index in [-0.39, 0.29) is 0 Å². The van der Waals surface area contributed by atoms with Gasteiger partial charge in [-0.05, 0) is 74.8 Å². The highest BCUT2D eigenvalue weighted by Crippen LogP contribution is 2.48. The van der Waals surface area contributed by atoms with E-state index in [9.17, 15) is 0 Å². The molecule has 0 aliphatic carbocycles. The van der Waals surface area contributed by atoms with Crippen molar-refractivity contribution in [2.75, 3.05) is 0 Å². The van der Waals surface area contributed by atoms with E-state index in [1.807, 2.05) is 11.3 Å². The lowest BCUT2D eigenvalue weighted by Gasteiger charge is -2.12. The summed E-state index contributed by atoms with van der Waals surface area (Å²) in [4.78, 5) is 1.28. The third-order valence-corrected chi connectivity index (χ3v) is 11.3. The van der Waals surface area contributed by atoms with Crippen molar-refractivity contribution in [3.63, 3.8) is 0 Å². The van der Waals surface area contributed by atoms with Crippen LogP contribution in [0.4, 0.5) is 0 Å². The Bertz CT molecular complexity index is 3050. The third-order valence-electron chi connectivity index (χ3n) is 10.1. The van der Waals surface area contributed by atoms with Gasteiger partial charge in [-0.1, -0.05) is 115 Å². The standard InChI is InChI=1S/C44H26N2S/c1-3-13-27(14-4-1)45-40-26-37-32-20-10-8-18-30(32)29-17-7-9-19-31(29)36(37)25-38(40)33-23-24-35-41-34-21-11-12-22-39(34)46(28-15-5-2-6-16-28)44(41)47-43(35)42(33)45/h1-26H. The maximum Gasteiger partial charge on any atom is 0.109 e. The molecule has 0 radical (unpaired) electrons. The first-order valence-corrected chi connectivity index (χ1v) is 16.9. The van der Waals surface area contributed by atoms with Gasteiger partial charge in [0, 0.05) is 38.3 Å². The van der Waals surface area contributed by atoms with Gasteiger partial charge in [-0.2, -0.15) is 0 Å². The number of fused-ring (bicyclic) bond motifs is 15. The van der Waals surface area contributed by atoms with Crippen molar-refractivity contribution in [3.05, 3.63) is 158 Å². The van der Waals surface area contributed by atoms with Gasteiger partial charge < -0.3 is 9.13 Å². The van der Waals surface area contributed by atoms with Crippen molar-refractivity contribution < 1.29 is 0 Å². The predicted octanol–water partition coefficient (Wildman–Crippen LogP) is 12.6. The van der Waals surface area contributed by atoms with Gasteiger partial charge >= 0.3 is 0 Å². The normalized spacial score (nSPS) is 12.3. The van der Waals surface area contributed by atoms with Crippen LogP contribution in [0, 0.1) is 0 Å². The maximum atomic E-state index is 2.51. The first-order valence-electron chi connectivity index (χ1n) is 16.1. The summed E-state index contributed by atoms with van der Waals surface area (Å²) in [5.41, 5.74) is 6.13. The van der Waals surface area contributed by atoms with Gasteiger partial charge in [0.2, 0.25) is 0 Å². The topological polar surface area (TPSA) is 9.86 Å². The molecule has 3 heterocycles. The summed E-state index contributed by atoms with van der Waals surface area (Å²) in [6.07, 6.45) is 0. The number of benzene rings is 8. The summed E-state index contributed by atoms with van der Waals surface area (Å²) in [6.45, 7) is 0. The minimum absolute atomic E-state index is 1.18. The molecule has 0 saturated carbocycles. The van der Waals surface area contributed by atoms with Crippen molar-refractivity contribution in [2.24, 2.45) is 0 Å². The first-order chi connectivity index (χ1) is 23.3. The molecule has 0 spiro atoms. The van der Waals surface area contributed by atoms with E-state index < -0.39 is 0 Å². The summed E-state index contributed by atoms with van der Waals surface area (Å²) in [5, 5.41) is 14.3. The highest BCUT2D eigenvalue weighted by atomic mass is 32.1. The van der Waals surface area contributed by atoms with Crippen molar-refractivity contribution in [2.45, 2.75) is 0 Å². The highest BCUT2D eigenvalue weighted by molar-refractivity contribution is 7.26. The van der Waals surface area contributed by atoms with Crippen LogP contribution in [0.1, 0.15) is 0 Å². The Morgan fingerprint density at radius 2 is 0.851 bits per heavy atom. The molecule has 3 aromatic heterocycles. The Balaban J connectivity index is 1.37. The number of hydrogen-bond acceptors (Lipinski definition) is 1. The molecular formula is C44H26N2S. The molecule has 0 unspecified atom stereocenters. The number of nitrogens with zero attached hydrogens (tertiary/aromatic N) is 2. The fraction of sp³-hybridized carbons (Fsp3) is 0. The monoisotopic (exact) mass is 614 g/mol. The van der Waals surface area contributed by atoms with Crippen LogP contribution in [0.2, 0.25) is 0 Å². The lowest BCUT2D eigenvalue weighted by atomic mass is 9.93. The molecule has 0 amide bonds. The zero-order chi connectivity index (χ0) is 30.6. The van der Waals surface area contributed by atoms with Gasteiger partial charge in [0.1, 0.15) is 4.83 Å². The number of aromatic nitrogens is 2. The largest absolute Gasteiger partial charge is 0.308 e. The van der Waals surface area contributed by atoms with Crippen molar-refractivity contribution in [3.8, 4) is 11.4 Å². The summed E-state index contributed by atoms with van der Waals surface area (Å²) in [5.74, 6) is 0. The lowest BCUT2D eigenvalue weighted by molar-refractivity contribution is 1.19. The summed E-state index contributed by atoms with van der Waals surface area (Å²) in [7, 11) is 0. The van der Waals surface area contributed by atoms with E-state index in [0.29, 0.717) is 0 Å². The average Bonchev–Trinajstić information content (AvgIpc) is 3.78. The van der Waals surface area contributed by atoms with Crippen molar-refractivity contribution >= 4 is 96.7 Å². The minimum atomic E-state index is 1.18. The Morgan fingerprint density at radius 1 is 0.340 bits per heavy atom. The van der Waals surface area contributed by atoms with Crippen LogP contribution in [0.3, 0.4) is 0 Å². The van der Waals surface area contributed by atoms with Crippen LogP contribution < -0.4 is 0 Å².